The standard InChI is InChI=1S/C21H37N/c1-3-5-7-9-10-11-13-15-20(14-12-8-6-4-2)21-16-18-22-19-17-21/h16-20H,3-15H2,1-2H3. The van der Waals surface area contributed by atoms with Crippen molar-refractivity contribution in [2.75, 3.05) is 0 Å². The van der Waals surface area contributed by atoms with Crippen LogP contribution in [0.1, 0.15) is 109 Å². The van der Waals surface area contributed by atoms with E-state index in [1.165, 1.54) is 89.0 Å². The molecule has 0 aliphatic heterocycles. The van der Waals surface area contributed by atoms with Crippen molar-refractivity contribution in [2.24, 2.45) is 0 Å². The lowest BCUT2D eigenvalue weighted by atomic mass is 9.88. The Bertz CT molecular complexity index is 333. The first-order valence-corrected chi connectivity index (χ1v) is 9.78. The summed E-state index contributed by atoms with van der Waals surface area (Å²) >= 11 is 0. The van der Waals surface area contributed by atoms with Crippen LogP contribution >= 0.6 is 0 Å². The molecule has 1 aromatic heterocycles. The van der Waals surface area contributed by atoms with Crippen LogP contribution in [0.2, 0.25) is 0 Å². The predicted molar refractivity (Wildman–Crippen MR) is 98.3 cm³/mol. The minimum absolute atomic E-state index is 0.760. The van der Waals surface area contributed by atoms with Gasteiger partial charge in [0.2, 0.25) is 0 Å². The van der Waals surface area contributed by atoms with Gasteiger partial charge in [-0.05, 0) is 36.5 Å². The van der Waals surface area contributed by atoms with Crippen LogP contribution in [-0.2, 0) is 0 Å². The highest BCUT2D eigenvalue weighted by Gasteiger charge is 2.10. The second-order valence-electron chi connectivity index (χ2n) is 6.74. The third kappa shape index (κ3) is 9.23. The minimum Gasteiger partial charge on any atom is -0.265 e. The van der Waals surface area contributed by atoms with E-state index < -0.39 is 0 Å². The van der Waals surface area contributed by atoms with Gasteiger partial charge < -0.3 is 0 Å². The molecule has 1 heterocycles. The lowest BCUT2D eigenvalue weighted by Crippen LogP contribution is -2.00. The molecule has 0 aliphatic carbocycles. The SMILES string of the molecule is CCCCCCCCCC(CCCCCC)c1ccncc1. The number of pyridine rings is 1. The molecule has 1 nitrogen and oxygen atoms in total. The van der Waals surface area contributed by atoms with Crippen LogP contribution in [-0.4, -0.2) is 4.98 Å². The van der Waals surface area contributed by atoms with Crippen LogP contribution in [0.5, 0.6) is 0 Å². The molecule has 0 saturated carbocycles. The van der Waals surface area contributed by atoms with E-state index in [1.54, 1.807) is 0 Å². The Morgan fingerprint density at radius 1 is 0.682 bits per heavy atom. The van der Waals surface area contributed by atoms with Gasteiger partial charge in [0.1, 0.15) is 0 Å². The Morgan fingerprint density at radius 2 is 1.14 bits per heavy atom. The van der Waals surface area contributed by atoms with E-state index in [2.05, 4.69) is 31.0 Å². The highest BCUT2D eigenvalue weighted by Crippen LogP contribution is 2.28. The van der Waals surface area contributed by atoms with Crippen molar-refractivity contribution < 1.29 is 0 Å². The molecule has 0 saturated heterocycles. The number of aromatic nitrogens is 1. The minimum atomic E-state index is 0.760. The number of nitrogens with zero attached hydrogens (tertiary/aromatic N) is 1. The zero-order chi connectivity index (χ0) is 15.9. The van der Waals surface area contributed by atoms with E-state index >= 15 is 0 Å². The maximum atomic E-state index is 4.18. The molecule has 0 N–H and O–H groups in total. The van der Waals surface area contributed by atoms with Gasteiger partial charge in [0.25, 0.3) is 0 Å². The summed E-state index contributed by atoms with van der Waals surface area (Å²) in [6.45, 7) is 4.58. The van der Waals surface area contributed by atoms with Crippen LogP contribution in [0.3, 0.4) is 0 Å². The maximum absolute atomic E-state index is 4.18. The van der Waals surface area contributed by atoms with E-state index in [9.17, 15) is 0 Å². The summed E-state index contributed by atoms with van der Waals surface area (Å²) in [4.78, 5) is 4.18. The first kappa shape index (κ1) is 19.2. The van der Waals surface area contributed by atoms with E-state index in [0.717, 1.165) is 5.92 Å². The molecule has 1 aromatic rings. The topological polar surface area (TPSA) is 12.9 Å². The van der Waals surface area contributed by atoms with Gasteiger partial charge in [0.15, 0.2) is 0 Å². The number of hydrogen-bond acceptors (Lipinski definition) is 1. The van der Waals surface area contributed by atoms with Gasteiger partial charge in [-0.25, -0.2) is 0 Å². The molecule has 0 fully saturated rings. The van der Waals surface area contributed by atoms with E-state index in [4.69, 9.17) is 0 Å². The van der Waals surface area contributed by atoms with Gasteiger partial charge in [-0.3, -0.25) is 4.98 Å². The Balaban J connectivity index is 2.26. The number of hydrogen-bond donors (Lipinski definition) is 0. The summed E-state index contributed by atoms with van der Waals surface area (Å²) in [5.74, 6) is 0.760. The highest BCUT2D eigenvalue weighted by atomic mass is 14.6. The zero-order valence-corrected chi connectivity index (χ0v) is 15.0. The number of unbranched alkanes of at least 4 members (excludes halogenated alkanes) is 9. The third-order valence-corrected chi connectivity index (χ3v) is 4.74. The van der Waals surface area contributed by atoms with E-state index in [1.807, 2.05) is 12.4 Å². The summed E-state index contributed by atoms with van der Waals surface area (Å²) in [6, 6.07) is 4.46. The Kier molecular flexibility index (Phi) is 12.0. The molecular weight excluding hydrogens is 266 g/mol. The van der Waals surface area contributed by atoms with E-state index in [-0.39, 0.29) is 0 Å². The summed E-state index contributed by atoms with van der Waals surface area (Å²) in [6.07, 6.45) is 22.0. The van der Waals surface area contributed by atoms with Crippen molar-refractivity contribution in [3.8, 4) is 0 Å². The third-order valence-electron chi connectivity index (χ3n) is 4.74. The molecule has 0 aliphatic rings. The summed E-state index contributed by atoms with van der Waals surface area (Å²) < 4.78 is 0. The zero-order valence-electron chi connectivity index (χ0n) is 15.0. The second kappa shape index (κ2) is 13.8. The molecule has 1 atom stereocenters. The summed E-state index contributed by atoms with van der Waals surface area (Å²) in [7, 11) is 0. The van der Waals surface area contributed by atoms with Crippen molar-refractivity contribution >= 4 is 0 Å². The normalized spacial score (nSPS) is 12.5. The van der Waals surface area contributed by atoms with Crippen LogP contribution in [0.25, 0.3) is 0 Å². The van der Waals surface area contributed by atoms with Gasteiger partial charge in [-0.2, -0.15) is 0 Å². The molecule has 0 spiro atoms. The fourth-order valence-electron chi connectivity index (χ4n) is 3.28. The predicted octanol–water partition coefficient (Wildman–Crippen LogP) is 7.28. The van der Waals surface area contributed by atoms with Crippen molar-refractivity contribution in [3.63, 3.8) is 0 Å². The molecule has 1 rings (SSSR count). The first-order valence-electron chi connectivity index (χ1n) is 9.78. The van der Waals surface area contributed by atoms with Crippen LogP contribution in [0, 0.1) is 0 Å². The van der Waals surface area contributed by atoms with Gasteiger partial charge in [-0.1, -0.05) is 84.5 Å². The molecule has 126 valence electrons. The highest BCUT2D eigenvalue weighted by molar-refractivity contribution is 5.15. The molecule has 0 aromatic carbocycles. The summed E-state index contributed by atoms with van der Waals surface area (Å²) in [5, 5.41) is 0. The van der Waals surface area contributed by atoms with Gasteiger partial charge >= 0.3 is 0 Å². The fourth-order valence-corrected chi connectivity index (χ4v) is 3.28. The number of rotatable bonds is 14. The quantitative estimate of drug-likeness (QED) is 0.329. The van der Waals surface area contributed by atoms with Crippen LogP contribution < -0.4 is 0 Å². The second-order valence-corrected chi connectivity index (χ2v) is 6.74. The Hall–Kier alpha value is -0.850. The van der Waals surface area contributed by atoms with Crippen LogP contribution in [0.4, 0.5) is 0 Å². The van der Waals surface area contributed by atoms with E-state index in [0.29, 0.717) is 0 Å². The molecule has 1 unspecified atom stereocenters. The van der Waals surface area contributed by atoms with Gasteiger partial charge in [0, 0.05) is 12.4 Å². The van der Waals surface area contributed by atoms with Gasteiger partial charge in [0.05, 0.1) is 0 Å². The van der Waals surface area contributed by atoms with Gasteiger partial charge in [-0.15, -0.1) is 0 Å². The van der Waals surface area contributed by atoms with Crippen molar-refractivity contribution in [1.82, 2.24) is 4.98 Å². The largest absolute Gasteiger partial charge is 0.265 e. The Morgan fingerprint density at radius 3 is 1.68 bits per heavy atom. The fraction of sp³-hybridized carbons (Fsp3) is 0.762. The summed E-state index contributed by atoms with van der Waals surface area (Å²) in [5.41, 5.74) is 1.51. The van der Waals surface area contributed by atoms with Crippen molar-refractivity contribution in [2.45, 2.75) is 103 Å². The maximum Gasteiger partial charge on any atom is 0.0270 e. The molecule has 22 heavy (non-hydrogen) atoms. The van der Waals surface area contributed by atoms with Crippen molar-refractivity contribution in [3.05, 3.63) is 30.1 Å². The average molecular weight is 304 g/mol. The lowest BCUT2D eigenvalue weighted by Gasteiger charge is -2.17. The smallest absolute Gasteiger partial charge is 0.0270 e. The average Bonchev–Trinajstić information content (AvgIpc) is 2.56. The molecule has 0 amide bonds. The first-order chi connectivity index (χ1) is 10.9. The monoisotopic (exact) mass is 303 g/mol. The Labute approximate surface area is 138 Å². The van der Waals surface area contributed by atoms with Crippen LogP contribution in [0.15, 0.2) is 24.5 Å². The molecule has 1 heteroatoms. The molecular formula is C21H37N. The lowest BCUT2D eigenvalue weighted by molar-refractivity contribution is 0.489. The molecule has 0 radical (unpaired) electrons. The van der Waals surface area contributed by atoms with Crippen molar-refractivity contribution in [1.29, 1.82) is 0 Å². The molecule has 0 bridgehead atoms.